The Kier molecular flexibility index (Phi) is 4.31. The van der Waals surface area contributed by atoms with Crippen molar-refractivity contribution in [1.82, 2.24) is 8.75 Å². The predicted molar refractivity (Wildman–Crippen MR) is 75.4 cm³/mol. The first-order valence-corrected chi connectivity index (χ1v) is 7.61. The Labute approximate surface area is 129 Å². The van der Waals surface area contributed by atoms with Gasteiger partial charge in [-0.1, -0.05) is 35.0 Å². The zero-order valence-corrected chi connectivity index (χ0v) is 12.8. The van der Waals surface area contributed by atoms with E-state index >= 15 is 0 Å². The number of hydrogen-bond acceptors (Lipinski definition) is 7. The van der Waals surface area contributed by atoms with Gasteiger partial charge in [-0.15, -0.1) is 0 Å². The third kappa shape index (κ3) is 2.84. The average Bonchev–Trinajstić information content (AvgIpc) is 2.83. The van der Waals surface area contributed by atoms with Crippen molar-refractivity contribution in [2.24, 2.45) is 11.5 Å². The van der Waals surface area contributed by atoms with Crippen molar-refractivity contribution in [3.8, 4) is 0 Å². The van der Waals surface area contributed by atoms with Gasteiger partial charge in [-0.05, 0) is 23.1 Å². The average molecular weight is 355 g/mol. The fourth-order valence-corrected chi connectivity index (χ4v) is 4.98. The van der Waals surface area contributed by atoms with E-state index in [1.165, 1.54) is 0 Å². The van der Waals surface area contributed by atoms with Gasteiger partial charge < -0.3 is 11.5 Å². The zero-order chi connectivity index (χ0) is 14.2. The first kappa shape index (κ1) is 14.5. The number of rotatable bonds is 4. The molecule has 0 radical (unpaired) electrons. The number of nitrogens with zero attached hydrogens (tertiary/aromatic N) is 2. The second kappa shape index (κ2) is 5.63. The molecule has 2 aromatic heterocycles. The number of carbonyl (C=O) groups excluding carboxylic acids is 2. The number of halogens is 2. The predicted octanol–water partition coefficient (Wildman–Crippen LogP) is 2.26. The maximum Gasteiger partial charge on any atom is 0.253 e. The first-order chi connectivity index (χ1) is 8.91. The van der Waals surface area contributed by atoms with E-state index in [-0.39, 0.29) is 21.4 Å². The number of carbonyl (C=O) groups is 2. The van der Waals surface area contributed by atoms with Gasteiger partial charge in [-0.3, -0.25) is 9.59 Å². The van der Waals surface area contributed by atoms with E-state index in [0.717, 1.165) is 34.8 Å². The fourth-order valence-electron chi connectivity index (χ4n) is 1.14. The summed E-state index contributed by atoms with van der Waals surface area (Å²) in [5, 5.41) is 0.0486. The topological polar surface area (TPSA) is 112 Å². The molecule has 0 aliphatic carbocycles. The molecule has 11 heteroatoms. The molecule has 2 aromatic rings. The quantitative estimate of drug-likeness (QED) is 0.874. The molecule has 2 rings (SSSR count). The Balaban J connectivity index is 2.43. The highest BCUT2D eigenvalue weighted by atomic mass is 35.5. The monoisotopic (exact) mass is 354 g/mol. The summed E-state index contributed by atoms with van der Waals surface area (Å²) in [6, 6.07) is 0. The minimum Gasteiger partial charge on any atom is -0.365 e. The molecule has 0 spiro atoms. The molecule has 19 heavy (non-hydrogen) atoms. The van der Waals surface area contributed by atoms with Crippen LogP contribution in [0.15, 0.2) is 8.42 Å². The summed E-state index contributed by atoms with van der Waals surface area (Å²) in [7, 11) is 0. The summed E-state index contributed by atoms with van der Waals surface area (Å²) in [6.45, 7) is 0. The van der Waals surface area contributed by atoms with Gasteiger partial charge in [-0.25, -0.2) is 0 Å². The van der Waals surface area contributed by atoms with Crippen LogP contribution in [-0.4, -0.2) is 20.6 Å². The van der Waals surface area contributed by atoms with Gasteiger partial charge in [0, 0.05) is 0 Å². The normalized spacial score (nSPS) is 10.6. The lowest BCUT2D eigenvalue weighted by atomic mass is 10.4. The molecule has 0 aromatic carbocycles. The minimum absolute atomic E-state index is 0.0243. The van der Waals surface area contributed by atoms with Crippen LogP contribution in [0.3, 0.4) is 0 Å². The van der Waals surface area contributed by atoms with Crippen LogP contribution < -0.4 is 11.5 Å². The van der Waals surface area contributed by atoms with E-state index < -0.39 is 11.8 Å². The van der Waals surface area contributed by atoms with E-state index in [4.69, 9.17) is 34.7 Å². The maximum absolute atomic E-state index is 11.3. The molecule has 0 saturated heterocycles. The maximum atomic E-state index is 11.3. The molecule has 100 valence electrons. The first-order valence-electron chi connectivity index (χ1n) is 4.49. The van der Waals surface area contributed by atoms with Gasteiger partial charge in [-0.2, -0.15) is 8.75 Å². The van der Waals surface area contributed by atoms with Crippen molar-refractivity contribution in [3.63, 3.8) is 0 Å². The largest absolute Gasteiger partial charge is 0.365 e. The molecular weight excluding hydrogens is 351 g/mol. The molecule has 0 fully saturated rings. The molecule has 0 atom stereocenters. The van der Waals surface area contributed by atoms with Crippen molar-refractivity contribution in [3.05, 3.63) is 21.4 Å². The van der Waals surface area contributed by atoms with Gasteiger partial charge in [0.25, 0.3) is 11.8 Å². The fraction of sp³-hybridized carbons (Fsp3) is 0. The van der Waals surface area contributed by atoms with Crippen molar-refractivity contribution < 1.29 is 9.59 Å². The van der Waals surface area contributed by atoms with Crippen molar-refractivity contribution >= 4 is 69.8 Å². The van der Waals surface area contributed by atoms with Crippen LogP contribution >= 0.6 is 58.0 Å². The van der Waals surface area contributed by atoms with Gasteiger partial charge in [0.1, 0.15) is 19.5 Å². The second-order valence-electron chi connectivity index (χ2n) is 3.10. The Morgan fingerprint density at radius 1 is 0.947 bits per heavy atom. The van der Waals surface area contributed by atoms with Crippen LogP contribution in [0, 0.1) is 0 Å². The molecule has 2 amide bonds. The molecule has 6 nitrogen and oxygen atoms in total. The number of primary amides is 2. The lowest BCUT2D eigenvalue weighted by molar-refractivity contribution is 0.0990. The molecule has 0 aliphatic rings. The van der Waals surface area contributed by atoms with Gasteiger partial charge in [0.05, 0.1) is 0 Å². The smallest absolute Gasteiger partial charge is 0.253 e. The van der Waals surface area contributed by atoms with Crippen LogP contribution in [0.4, 0.5) is 0 Å². The van der Waals surface area contributed by atoms with Crippen LogP contribution in [0.25, 0.3) is 0 Å². The Hall–Kier alpha value is -0.870. The summed E-state index contributed by atoms with van der Waals surface area (Å²) in [4.78, 5) is 22.6. The van der Waals surface area contributed by atoms with E-state index in [1.807, 2.05) is 0 Å². The van der Waals surface area contributed by atoms with E-state index in [0.29, 0.717) is 8.42 Å². The van der Waals surface area contributed by atoms with Gasteiger partial charge in [0.15, 0.2) is 10.3 Å². The lowest BCUT2D eigenvalue weighted by Gasteiger charge is -1.99. The van der Waals surface area contributed by atoms with Gasteiger partial charge >= 0.3 is 0 Å². The highest BCUT2D eigenvalue weighted by molar-refractivity contribution is 8.02. The van der Waals surface area contributed by atoms with Crippen molar-refractivity contribution in [2.75, 3.05) is 0 Å². The molecule has 4 N–H and O–H groups in total. The third-order valence-electron chi connectivity index (χ3n) is 1.92. The number of nitrogens with two attached hydrogens (primary N) is 2. The summed E-state index contributed by atoms with van der Waals surface area (Å²) in [5.41, 5.74) is 10.6. The van der Waals surface area contributed by atoms with Crippen molar-refractivity contribution in [1.29, 1.82) is 0 Å². The number of aromatic nitrogens is 2. The number of hydrogen-bond donors (Lipinski definition) is 2. The van der Waals surface area contributed by atoms with Crippen LogP contribution in [0.2, 0.25) is 10.3 Å². The molecule has 0 saturated carbocycles. The van der Waals surface area contributed by atoms with Crippen LogP contribution in [-0.2, 0) is 0 Å². The highest BCUT2D eigenvalue weighted by Gasteiger charge is 2.23. The SMILES string of the molecule is NC(=O)c1c(Cl)nsc1Sc1snc(Cl)c1C(N)=O. The summed E-state index contributed by atoms with van der Waals surface area (Å²) in [5.74, 6) is -1.39. The Morgan fingerprint density at radius 2 is 1.32 bits per heavy atom. The van der Waals surface area contributed by atoms with Gasteiger partial charge in [0.2, 0.25) is 0 Å². The molecule has 2 heterocycles. The standard InChI is InChI=1S/C8H4Cl2N4O2S3/c9-3-1(5(11)15)7(18-13-3)17-8-2(6(12)16)4(10)14-19-8/h(H2,11,15)(H2,12,16). The van der Waals surface area contributed by atoms with Crippen molar-refractivity contribution in [2.45, 2.75) is 8.42 Å². The molecule has 0 bridgehead atoms. The Morgan fingerprint density at radius 3 is 1.63 bits per heavy atom. The summed E-state index contributed by atoms with van der Waals surface area (Å²) in [6.07, 6.45) is 0. The number of amides is 2. The molecule has 0 unspecified atom stereocenters. The van der Waals surface area contributed by atoms with E-state index in [9.17, 15) is 9.59 Å². The lowest BCUT2D eigenvalue weighted by Crippen LogP contribution is -2.12. The molecular formula is C8H4Cl2N4O2S3. The van der Waals surface area contributed by atoms with Crippen LogP contribution in [0.5, 0.6) is 0 Å². The Bertz CT molecular complexity index is 613. The second-order valence-corrected chi connectivity index (χ2v) is 6.90. The van der Waals surface area contributed by atoms with Crippen LogP contribution in [0.1, 0.15) is 20.7 Å². The zero-order valence-electron chi connectivity index (χ0n) is 8.85. The molecule has 0 aliphatic heterocycles. The minimum atomic E-state index is -0.697. The third-order valence-corrected chi connectivity index (χ3v) is 5.68. The summed E-state index contributed by atoms with van der Waals surface area (Å²) >= 11 is 14.6. The highest BCUT2D eigenvalue weighted by Crippen LogP contribution is 2.41. The van der Waals surface area contributed by atoms with E-state index in [1.54, 1.807) is 0 Å². The summed E-state index contributed by atoms with van der Waals surface area (Å²) < 4.78 is 8.59. The van der Waals surface area contributed by atoms with E-state index in [2.05, 4.69) is 8.75 Å².